The minimum Gasteiger partial charge on any atom is -0.408 e. The van der Waals surface area contributed by atoms with Crippen molar-refractivity contribution in [2.75, 3.05) is 7.05 Å². The van der Waals surface area contributed by atoms with Crippen LogP contribution in [0.3, 0.4) is 0 Å². The SMILES string of the molecule is CN(N)C(=O)C(N)Cc1ccc2[nH]c(=O)oc2c1. The second-order valence-corrected chi connectivity index (χ2v) is 4.10. The number of amides is 1. The fourth-order valence-electron chi connectivity index (χ4n) is 1.72. The lowest BCUT2D eigenvalue weighted by Crippen LogP contribution is -2.46. The number of likely N-dealkylation sites (N-methyl/N-ethyl adjacent to an activating group) is 1. The van der Waals surface area contributed by atoms with Crippen molar-refractivity contribution >= 4 is 17.0 Å². The number of rotatable bonds is 3. The predicted octanol–water partition coefficient (Wildman–Crippen LogP) is -0.677. The molecule has 0 radical (unpaired) electrons. The van der Waals surface area contributed by atoms with Gasteiger partial charge in [-0.15, -0.1) is 0 Å². The van der Waals surface area contributed by atoms with Gasteiger partial charge in [-0.2, -0.15) is 0 Å². The van der Waals surface area contributed by atoms with E-state index in [1.165, 1.54) is 7.05 Å². The summed E-state index contributed by atoms with van der Waals surface area (Å²) in [6.07, 6.45) is 0.325. The Morgan fingerprint density at radius 1 is 1.56 bits per heavy atom. The molecule has 18 heavy (non-hydrogen) atoms. The van der Waals surface area contributed by atoms with Gasteiger partial charge in [0.2, 0.25) is 0 Å². The molecule has 0 aliphatic carbocycles. The number of aromatic amines is 1. The van der Waals surface area contributed by atoms with Crippen LogP contribution >= 0.6 is 0 Å². The number of hydrazine groups is 1. The molecular formula is C11H14N4O3. The Morgan fingerprint density at radius 3 is 2.94 bits per heavy atom. The summed E-state index contributed by atoms with van der Waals surface area (Å²) in [7, 11) is 1.44. The minimum atomic E-state index is -0.719. The molecule has 2 rings (SSSR count). The number of hydrogen-bond acceptors (Lipinski definition) is 5. The molecular weight excluding hydrogens is 236 g/mol. The molecule has 1 aromatic carbocycles. The molecule has 0 aliphatic rings. The summed E-state index contributed by atoms with van der Waals surface area (Å²) >= 11 is 0. The van der Waals surface area contributed by atoms with Gasteiger partial charge in [0.25, 0.3) is 5.91 Å². The van der Waals surface area contributed by atoms with Gasteiger partial charge in [0.05, 0.1) is 11.6 Å². The van der Waals surface area contributed by atoms with Crippen molar-refractivity contribution in [1.82, 2.24) is 9.99 Å². The number of benzene rings is 1. The van der Waals surface area contributed by atoms with Crippen LogP contribution in [0.2, 0.25) is 0 Å². The van der Waals surface area contributed by atoms with Gasteiger partial charge in [0.15, 0.2) is 5.58 Å². The molecule has 0 fully saturated rings. The molecule has 0 saturated carbocycles. The van der Waals surface area contributed by atoms with E-state index in [-0.39, 0.29) is 5.91 Å². The Labute approximate surface area is 102 Å². The van der Waals surface area contributed by atoms with Crippen molar-refractivity contribution in [3.8, 4) is 0 Å². The van der Waals surface area contributed by atoms with Crippen molar-refractivity contribution < 1.29 is 9.21 Å². The smallest absolute Gasteiger partial charge is 0.408 e. The number of carbonyl (C=O) groups is 1. The first-order valence-electron chi connectivity index (χ1n) is 5.37. The maximum absolute atomic E-state index is 11.5. The van der Waals surface area contributed by atoms with Crippen molar-refractivity contribution in [1.29, 1.82) is 0 Å². The van der Waals surface area contributed by atoms with Crippen LogP contribution in [0, 0.1) is 0 Å². The summed E-state index contributed by atoms with van der Waals surface area (Å²) in [6.45, 7) is 0. The lowest BCUT2D eigenvalue weighted by atomic mass is 10.1. The lowest BCUT2D eigenvalue weighted by molar-refractivity contribution is -0.131. The fraction of sp³-hybridized carbons (Fsp3) is 0.273. The Bertz CT molecular complexity index is 628. The minimum absolute atomic E-state index is 0.325. The lowest BCUT2D eigenvalue weighted by Gasteiger charge is -2.16. The first kappa shape index (κ1) is 12.3. The molecule has 7 nitrogen and oxygen atoms in total. The number of nitrogens with two attached hydrogens (primary N) is 2. The van der Waals surface area contributed by atoms with Crippen LogP contribution in [-0.4, -0.2) is 29.0 Å². The maximum atomic E-state index is 11.5. The normalized spacial score (nSPS) is 12.6. The highest BCUT2D eigenvalue weighted by molar-refractivity contribution is 5.81. The third kappa shape index (κ3) is 2.41. The van der Waals surface area contributed by atoms with Crippen LogP contribution < -0.4 is 17.3 Å². The molecule has 7 heteroatoms. The third-order valence-electron chi connectivity index (χ3n) is 2.61. The summed E-state index contributed by atoms with van der Waals surface area (Å²) in [5.74, 6) is 4.46. The molecule has 1 amide bonds. The zero-order valence-corrected chi connectivity index (χ0v) is 9.84. The summed E-state index contributed by atoms with van der Waals surface area (Å²) in [5, 5.41) is 0.958. The second-order valence-electron chi connectivity index (χ2n) is 4.10. The number of hydrogen-bond donors (Lipinski definition) is 3. The second kappa shape index (κ2) is 4.63. The molecule has 2 aromatic rings. The zero-order chi connectivity index (χ0) is 13.3. The van der Waals surface area contributed by atoms with Gasteiger partial charge in [0, 0.05) is 7.05 Å². The van der Waals surface area contributed by atoms with Gasteiger partial charge < -0.3 is 10.2 Å². The molecule has 1 aromatic heterocycles. The van der Waals surface area contributed by atoms with Crippen molar-refractivity contribution in [2.45, 2.75) is 12.5 Å². The van der Waals surface area contributed by atoms with Crippen LogP contribution in [0.25, 0.3) is 11.1 Å². The van der Waals surface area contributed by atoms with Gasteiger partial charge in [0.1, 0.15) is 0 Å². The zero-order valence-electron chi connectivity index (χ0n) is 9.84. The molecule has 0 bridgehead atoms. The van der Waals surface area contributed by atoms with Crippen LogP contribution in [0.1, 0.15) is 5.56 Å². The Kier molecular flexibility index (Phi) is 3.17. The number of H-pyrrole nitrogens is 1. The molecule has 1 unspecified atom stereocenters. The van der Waals surface area contributed by atoms with E-state index in [1.807, 2.05) is 0 Å². The summed E-state index contributed by atoms with van der Waals surface area (Å²) < 4.78 is 4.93. The highest BCUT2D eigenvalue weighted by atomic mass is 16.4. The molecule has 0 aliphatic heterocycles. The fourth-order valence-corrected chi connectivity index (χ4v) is 1.72. The van der Waals surface area contributed by atoms with E-state index in [4.69, 9.17) is 16.0 Å². The Morgan fingerprint density at radius 2 is 2.28 bits per heavy atom. The number of aromatic nitrogens is 1. The first-order valence-corrected chi connectivity index (χ1v) is 5.37. The van der Waals surface area contributed by atoms with Crippen molar-refractivity contribution in [2.24, 2.45) is 11.6 Å². The van der Waals surface area contributed by atoms with Gasteiger partial charge in [-0.25, -0.2) is 10.6 Å². The van der Waals surface area contributed by atoms with E-state index < -0.39 is 11.8 Å². The number of nitrogens with one attached hydrogen (secondary N) is 1. The molecule has 5 N–H and O–H groups in total. The topological polar surface area (TPSA) is 118 Å². The standard InChI is InChI=1S/C11H14N4O3/c1-15(13)10(16)7(12)4-6-2-3-8-9(5-6)18-11(17)14-8/h2-3,5,7H,4,12-13H2,1H3,(H,14,17). The van der Waals surface area contributed by atoms with E-state index >= 15 is 0 Å². The number of oxazole rings is 1. The van der Waals surface area contributed by atoms with E-state index in [0.29, 0.717) is 17.5 Å². The van der Waals surface area contributed by atoms with Gasteiger partial charge >= 0.3 is 5.76 Å². The van der Waals surface area contributed by atoms with Gasteiger partial charge in [-0.05, 0) is 24.1 Å². The van der Waals surface area contributed by atoms with Gasteiger partial charge in [-0.1, -0.05) is 6.07 Å². The largest absolute Gasteiger partial charge is 0.417 e. The average molecular weight is 250 g/mol. The molecule has 0 spiro atoms. The van der Waals surface area contributed by atoms with Crippen molar-refractivity contribution in [3.05, 3.63) is 34.3 Å². The van der Waals surface area contributed by atoms with E-state index in [2.05, 4.69) is 4.98 Å². The maximum Gasteiger partial charge on any atom is 0.417 e. The van der Waals surface area contributed by atoms with Crippen LogP contribution in [0.15, 0.2) is 27.4 Å². The number of carbonyl (C=O) groups excluding carboxylic acids is 1. The average Bonchev–Trinajstić information content (AvgIpc) is 2.67. The summed E-state index contributed by atoms with van der Waals surface area (Å²) in [5.41, 5.74) is 7.58. The highest BCUT2D eigenvalue weighted by Crippen LogP contribution is 2.13. The van der Waals surface area contributed by atoms with Gasteiger partial charge in [-0.3, -0.25) is 14.8 Å². The Balaban J connectivity index is 2.21. The molecule has 96 valence electrons. The molecule has 1 heterocycles. The predicted molar refractivity (Wildman–Crippen MR) is 65.5 cm³/mol. The first-order chi connectivity index (χ1) is 8.47. The number of fused-ring (bicyclic) bond motifs is 1. The Hall–Kier alpha value is -2.12. The van der Waals surface area contributed by atoms with Crippen LogP contribution in [0.5, 0.6) is 0 Å². The third-order valence-corrected chi connectivity index (χ3v) is 2.61. The van der Waals surface area contributed by atoms with Crippen LogP contribution in [-0.2, 0) is 11.2 Å². The summed E-state index contributed by atoms with van der Waals surface area (Å²) in [6, 6.07) is 4.44. The quantitative estimate of drug-likeness (QED) is 0.379. The highest BCUT2D eigenvalue weighted by Gasteiger charge is 2.16. The summed E-state index contributed by atoms with van der Waals surface area (Å²) in [4.78, 5) is 25.0. The number of nitrogens with zero attached hydrogens (tertiary/aromatic N) is 1. The molecule has 1 atom stereocenters. The molecule has 0 saturated heterocycles. The van der Waals surface area contributed by atoms with E-state index in [1.54, 1.807) is 18.2 Å². The van der Waals surface area contributed by atoms with Crippen molar-refractivity contribution in [3.63, 3.8) is 0 Å². The van der Waals surface area contributed by atoms with Crippen LogP contribution in [0.4, 0.5) is 0 Å². The monoisotopic (exact) mass is 250 g/mol. The van der Waals surface area contributed by atoms with E-state index in [9.17, 15) is 9.59 Å². The van der Waals surface area contributed by atoms with E-state index in [0.717, 1.165) is 10.6 Å².